The monoisotopic (exact) mass is 646 g/mol. The molecule has 3 fully saturated rings. The molecule has 10 nitrogen and oxygen atoms in total. The molecule has 2 aliphatic heterocycles. The first-order valence-electron chi connectivity index (χ1n) is 14.4. The molecule has 1 atom stereocenters. The van der Waals surface area contributed by atoms with Crippen molar-refractivity contribution in [1.29, 1.82) is 0 Å². The highest BCUT2D eigenvalue weighted by Crippen LogP contribution is 2.46. The number of halogens is 7. The van der Waals surface area contributed by atoms with E-state index in [9.17, 15) is 35.9 Å². The second-order valence-electron chi connectivity index (χ2n) is 12.1. The Labute approximate surface area is 251 Å². The van der Waals surface area contributed by atoms with E-state index in [4.69, 9.17) is 4.74 Å². The molecular weight excluding hydrogens is 617 g/mol. The quantitative estimate of drug-likeness (QED) is 0.367. The van der Waals surface area contributed by atoms with Crippen molar-refractivity contribution in [1.82, 2.24) is 30.5 Å². The lowest BCUT2D eigenvalue weighted by atomic mass is 9.72. The van der Waals surface area contributed by atoms with Crippen LogP contribution in [0.3, 0.4) is 0 Å². The summed E-state index contributed by atoms with van der Waals surface area (Å²) in [4.78, 5) is 34.5. The molecule has 1 saturated carbocycles. The molecule has 3 aliphatic rings. The number of nitrogens with one attached hydrogen (secondary N) is 2. The van der Waals surface area contributed by atoms with Gasteiger partial charge in [-0.05, 0) is 49.7 Å². The summed E-state index contributed by atoms with van der Waals surface area (Å²) >= 11 is 0. The Balaban J connectivity index is 1.38. The Morgan fingerprint density at radius 2 is 1.64 bits per heavy atom. The summed E-state index contributed by atoms with van der Waals surface area (Å²) in [6.45, 7) is -1.64. The third-order valence-electron chi connectivity index (χ3n) is 9.17. The van der Waals surface area contributed by atoms with Gasteiger partial charge in [-0.2, -0.15) is 17.6 Å². The Morgan fingerprint density at radius 1 is 1.00 bits per heavy atom. The van der Waals surface area contributed by atoms with Crippen LogP contribution in [0.15, 0.2) is 16.8 Å². The van der Waals surface area contributed by atoms with Crippen LogP contribution >= 0.6 is 0 Å². The molecule has 2 aromatic heterocycles. The number of imidazole rings is 1. The zero-order valence-corrected chi connectivity index (χ0v) is 23.9. The lowest BCUT2D eigenvalue weighted by molar-refractivity contribution is -0.172. The van der Waals surface area contributed by atoms with Crippen LogP contribution in [0.2, 0.25) is 0 Å². The van der Waals surface area contributed by atoms with E-state index in [0.29, 0.717) is 4.90 Å². The standard InChI is InChI=1S/C28H29F7N6O4/c1-14-19(40-45-39-14)23(42)38-20(15-4-6-26(30,31)7-5-15)22-36-17-3-2-16(18(29)21(17)37-22)25(8-10-44-11-9-25)24(43)41-12-27(32,33)28(34,35)13-41/h2-3,15,20H,4-13H2,1H3,(H,36,37)(H,38,42)/t20-/m0/s1. The molecule has 45 heavy (non-hydrogen) atoms. The summed E-state index contributed by atoms with van der Waals surface area (Å²) < 4.78 is 111. The van der Waals surface area contributed by atoms with Crippen molar-refractivity contribution in [2.75, 3.05) is 26.3 Å². The molecule has 6 rings (SSSR count). The minimum atomic E-state index is -4.45. The van der Waals surface area contributed by atoms with E-state index in [1.807, 2.05) is 0 Å². The van der Waals surface area contributed by atoms with Gasteiger partial charge in [-0.1, -0.05) is 11.2 Å². The average Bonchev–Trinajstić information content (AvgIpc) is 3.67. The Bertz CT molecular complexity index is 1590. The number of carbonyl (C=O) groups excluding carboxylic acids is 2. The number of benzene rings is 1. The van der Waals surface area contributed by atoms with Gasteiger partial charge in [0.05, 0.1) is 30.1 Å². The van der Waals surface area contributed by atoms with E-state index in [0.717, 1.165) is 0 Å². The van der Waals surface area contributed by atoms with Crippen molar-refractivity contribution >= 4 is 22.8 Å². The summed E-state index contributed by atoms with van der Waals surface area (Å²) in [5.74, 6) is -15.0. The highest BCUT2D eigenvalue weighted by atomic mass is 19.3. The van der Waals surface area contributed by atoms with Gasteiger partial charge in [-0.3, -0.25) is 9.59 Å². The molecule has 1 aliphatic carbocycles. The van der Waals surface area contributed by atoms with Crippen LogP contribution in [0, 0.1) is 18.7 Å². The first kappa shape index (κ1) is 31.2. The maximum Gasteiger partial charge on any atom is 0.329 e. The van der Waals surface area contributed by atoms with Crippen LogP contribution in [-0.4, -0.2) is 81.1 Å². The SMILES string of the molecule is Cc1nonc1C(=O)N[C@H](c1nc2c(F)c(C3(C(=O)N4CC(F)(F)C(F)(F)C4)CCOCC3)ccc2[nH]1)C1CCC(F)(F)CC1. The van der Waals surface area contributed by atoms with Gasteiger partial charge >= 0.3 is 11.8 Å². The molecule has 1 aromatic carbocycles. The molecule has 0 radical (unpaired) electrons. The van der Waals surface area contributed by atoms with Crippen molar-refractivity contribution in [3.8, 4) is 0 Å². The number of aryl methyl sites for hydroxylation is 1. The van der Waals surface area contributed by atoms with Crippen molar-refractivity contribution in [2.24, 2.45) is 5.92 Å². The number of ether oxygens (including phenoxy) is 1. The van der Waals surface area contributed by atoms with Gasteiger partial charge in [0.25, 0.3) is 5.91 Å². The fourth-order valence-electron chi connectivity index (χ4n) is 6.56. The molecule has 2 amide bonds. The van der Waals surface area contributed by atoms with E-state index in [-0.39, 0.29) is 72.7 Å². The van der Waals surface area contributed by atoms with Gasteiger partial charge in [0.2, 0.25) is 11.8 Å². The smallest absolute Gasteiger partial charge is 0.329 e. The second-order valence-corrected chi connectivity index (χ2v) is 12.1. The number of hydrogen-bond donors (Lipinski definition) is 2. The van der Waals surface area contributed by atoms with E-state index in [2.05, 4.69) is 30.2 Å². The molecule has 3 aromatic rings. The van der Waals surface area contributed by atoms with E-state index < -0.39 is 78.7 Å². The molecule has 2 saturated heterocycles. The van der Waals surface area contributed by atoms with Gasteiger partial charge < -0.3 is 19.9 Å². The van der Waals surface area contributed by atoms with Gasteiger partial charge in [0, 0.05) is 31.6 Å². The third kappa shape index (κ3) is 5.42. The number of carbonyl (C=O) groups is 2. The third-order valence-corrected chi connectivity index (χ3v) is 9.17. The van der Waals surface area contributed by atoms with E-state index in [1.165, 1.54) is 19.1 Å². The van der Waals surface area contributed by atoms with Crippen LogP contribution in [0.1, 0.15) is 72.1 Å². The average molecular weight is 647 g/mol. The number of amides is 2. The zero-order valence-electron chi connectivity index (χ0n) is 23.9. The van der Waals surface area contributed by atoms with Crippen molar-refractivity contribution in [3.63, 3.8) is 0 Å². The van der Waals surface area contributed by atoms with Gasteiger partial charge in [-0.25, -0.2) is 22.8 Å². The highest BCUT2D eigenvalue weighted by molar-refractivity contribution is 5.93. The summed E-state index contributed by atoms with van der Waals surface area (Å²) in [7, 11) is 0. The van der Waals surface area contributed by atoms with Crippen LogP contribution in [0.5, 0.6) is 0 Å². The molecule has 0 bridgehead atoms. The van der Waals surface area contributed by atoms with Gasteiger partial charge in [0.1, 0.15) is 17.0 Å². The lowest BCUT2D eigenvalue weighted by Crippen LogP contribution is -2.50. The Morgan fingerprint density at radius 3 is 2.24 bits per heavy atom. The van der Waals surface area contributed by atoms with Gasteiger partial charge in [0.15, 0.2) is 11.5 Å². The first-order chi connectivity index (χ1) is 21.1. The van der Waals surface area contributed by atoms with Crippen LogP contribution in [0.4, 0.5) is 30.7 Å². The molecule has 244 valence electrons. The second kappa shape index (κ2) is 10.9. The number of aromatic nitrogens is 4. The zero-order chi connectivity index (χ0) is 32.4. The number of likely N-dealkylation sites (tertiary alicyclic amines) is 1. The first-order valence-corrected chi connectivity index (χ1v) is 14.4. The van der Waals surface area contributed by atoms with E-state index >= 15 is 4.39 Å². The highest BCUT2D eigenvalue weighted by Gasteiger charge is 2.65. The predicted molar refractivity (Wildman–Crippen MR) is 140 cm³/mol. The Kier molecular flexibility index (Phi) is 7.60. The van der Waals surface area contributed by atoms with Gasteiger partial charge in [-0.15, -0.1) is 0 Å². The molecule has 4 heterocycles. The number of nitrogens with zero attached hydrogens (tertiary/aromatic N) is 4. The van der Waals surface area contributed by atoms with Crippen LogP contribution in [-0.2, 0) is 14.9 Å². The number of H-pyrrole nitrogens is 1. The lowest BCUT2D eigenvalue weighted by Gasteiger charge is -2.39. The van der Waals surface area contributed by atoms with E-state index in [1.54, 1.807) is 0 Å². The predicted octanol–water partition coefficient (Wildman–Crippen LogP) is 4.85. The summed E-state index contributed by atoms with van der Waals surface area (Å²) in [5.41, 5.74) is -2.09. The molecule has 17 heteroatoms. The largest absolute Gasteiger partial charge is 0.381 e. The normalized spacial score (nSPS) is 23.2. The fourth-order valence-corrected chi connectivity index (χ4v) is 6.56. The maximum absolute atomic E-state index is 16.4. The van der Waals surface area contributed by atoms with Crippen molar-refractivity contribution in [2.45, 2.75) is 74.7 Å². The molecule has 0 unspecified atom stereocenters. The molecule has 0 spiro atoms. The summed E-state index contributed by atoms with van der Waals surface area (Å²) in [6, 6.07) is 1.68. The number of fused-ring (bicyclic) bond motifs is 1. The number of hydrogen-bond acceptors (Lipinski definition) is 7. The number of alkyl halides is 6. The maximum atomic E-state index is 16.4. The number of aromatic amines is 1. The van der Waals surface area contributed by atoms with Crippen LogP contribution < -0.4 is 5.32 Å². The summed E-state index contributed by atoms with van der Waals surface area (Å²) in [5, 5.41) is 9.88. The fraction of sp³-hybridized carbons (Fsp3) is 0.607. The Hall–Kier alpha value is -3.76. The minimum absolute atomic E-state index is 0.0154. The minimum Gasteiger partial charge on any atom is -0.381 e. The molecule has 2 N–H and O–H groups in total. The molecular formula is C28H29F7N6O4. The topological polar surface area (TPSA) is 126 Å². The number of rotatable bonds is 6. The van der Waals surface area contributed by atoms with Crippen molar-refractivity contribution in [3.05, 3.63) is 40.7 Å². The summed E-state index contributed by atoms with van der Waals surface area (Å²) in [6.07, 6.45) is -1.15. The van der Waals surface area contributed by atoms with Crippen LogP contribution in [0.25, 0.3) is 11.0 Å². The van der Waals surface area contributed by atoms with Crippen molar-refractivity contribution < 1.29 is 49.7 Å².